The van der Waals surface area contributed by atoms with Gasteiger partial charge in [0.15, 0.2) is 6.10 Å². The van der Waals surface area contributed by atoms with Gasteiger partial charge in [-0.1, -0.05) is 58.0 Å². The van der Waals surface area contributed by atoms with Gasteiger partial charge in [0.1, 0.15) is 22.1 Å². The van der Waals surface area contributed by atoms with Crippen molar-refractivity contribution in [2.75, 3.05) is 7.05 Å². The predicted octanol–water partition coefficient (Wildman–Crippen LogP) is 6.38. The van der Waals surface area contributed by atoms with Crippen LogP contribution in [0.25, 0.3) is 0 Å². The third kappa shape index (κ3) is 11.2. The number of rotatable bonds is 14. The van der Waals surface area contributed by atoms with E-state index < -0.39 is 23.8 Å². The number of aromatic nitrogens is 1. The van der Waals surface area contributed by atoms with E-state index in [-0.39, 0.29) is 47.7 Å². The maximum Gasteiger partial charge on any atom is 0.410 e. The second-order valence-electron chi connectivity index (χ2n) is 12.1. The summed E-state index contributed by atoms with van der Waals surface area (Å²) in [5, 5.41) is 5.18. The van der Waals surface area contributed by atoms with Crippen LogP contribution in [-0.4, -0.2) is 58.4 Å². The molecule has 2 aromatic rings. The van der Waals surface area contributed by atoms with E-state index in [1.807, 2.05) is 58.0 Å². The average Bonchev–Trinajstić information content (AvgIpc) is 3.40. The number of thiazole rings is 1. The van der Waals surface area contributed by atoms with E-state index in [1.165, 1.54) is 23.2 Å². The van der Waals surface area contributed by atoms with Gasteiger partial charge in [0.05, 0.1) is 0 Å². The van der Waals surface area contributed by atoms with E-state index in [9.17, 15) is 19.2 Å². The summed E-state index contributed by atoms with van der Waals surface area (Å²) in [5.41, 5.74) is 0.614. The molecule has 2 amide bonds. The molecule has 1 aromatic heterocycles. The Morgan fingerprint density at radius 1 is 1.05 bits per heavy atom. The third-order valence-electron chi connectivity index (χ3n) is 6.94. The van der Waals surface area contributed by atoms with Crippen LogP contribution in [0.15, 0.2) is 35.7 Å². The van der Waals surface area contributed by atoms with Crippen molar-refractivity contribution >= 4 is 35.1 Å². The first kappa shape index (κ1) is 34.9. The molecule has 9 nitrogen and oxygen atoms in total. The van der Waals surface area contributed by atoms with Crippen molar-refractivity contribution in [2.24, 2.45) is 11.8 Å². The fourth-order valence-corrected chi connectivity index (χ4v) is 5.60. The minimum Gasteiger partial charge on any atom is -0.455 e. The van der Waals surface area contributed by atoms with Crippen molar-refractivity contribution in [3.05, 3.63) is 52.0 Å². The Kier molecular flexibility index (Phi) is 13.2. The van der Waals surface area contributed by atoms with Gasteiger partial charge in [0.2, 0.25) is 0 Å². The van der Waals surface area contributed by atoms with Crippen LogP contribution < -0.4 is 5.32 Å². The number of ketones is 1. The van der Waals surface area contributed by atoms with E-state index in [1.54, 1.807) is 33.2 Å². The largest absolute Gasteiger partial charge is 0.455 e. The zero-order valence-corrected chi connectivity index (χ0v) is 27.2. The third-order valence-corrected chi connectivity index (χ3v) is 7.88. The van der Waals surface area contributed by atoms with Gasteiger partial charge in [0.25, 0.3) is 5.91 Å². The number of esters is 1. The van der Waals surface area contributed by atoms with Gasteiger partial charge in [-0.25, -0.2) is 9.78 Å². The first-order valence-corrected chi connectivity index (χ1v) is 15.4. The summed E-state index contributed by atoms with van der Waals surface area (Å²) in [6, 6.07) is 9.23. The summed E-state index contributed by atoms with van der Waals surface area (Å²) in [5.74, 6) is -0.865. The first-order chi connectivity index (χ1) is 19.6. The number of benzene rings is 1. The van der Waals surface area contributed by atoms with Gasteiger partial charge in [-0.3, -0.25) is 14.4 Å². The van der Waals surface area contributed by atoms with Gasteiger partial charge in [-0.05, 0) is 45.1 Å². The Balaban J connectivity index is 2.26. The summed E-state index contributed by atoms with van der Waals surface area (Å²) in [4.78, 5) is 56.6. The maximum atomic E-state index is 13.4. The Hall–Kier alpha value is -3.27. The van der Waals surface area contributed by atoms with Gasteiger partial charge in [-0.15, -0.1) is 11.3 Å². The van der Waals surface area contributed by atoms with Gasteiger partial charge >= 0.3 is 12.1 Å². The summed E-state index contributed by atoms with van der Waals surface area (Å²) in [6.07, 6.45) is 0.590. The molecule has 0 saturated heterocycles. The molecule has 1 heterocycles. The minimum absolute atomic E-state index is 0.0230. The molecule has 0 radical (unpaired) electrons. The highest BCUT2D eigenvalue weighted by Crippen LogP contribution is 2.31. The molecule has 0 aliphatic heterocycles. The van der Waals surface area contributed by atoms with E-state index in [2.05, 4.69) is 10.3 Å². The molecule has 4 atom stereocenters. The molecule has 42 heavy (non-hydrogen) atoms. The van der Waals surface area contributed by atoms with Crippen LogP contribution in [0.1, 0.15) is 102 Å². The van der Waals surface area contributed by atoms with Gasteiger partial charge < -0.3 is 19.7 Å². The Morgan fingerprint density at radius 2 is 1.69 bits per heavy atom. The molecule has 10 heteroatoms. The lowest BCUT2D eigenvalue weighted by molar-refractivity contribution is -0.147. The second kappa shape index (κ2) is 15.8. The summed E-state index contributed by atoms with van der Waals surface area (Å²) in [7, 11) is 1.67. The zero-order chi connectivity index (χ0) is 31.6. The monoisotopic (exact) mass is 601 g/mol. The molecule has 0 saturated carbocycles. The average molecular weight is 602 g/mol. The van der Waals surface area contributed by atoms with Crippen LogP contribution in [0.5, 0.6) is 0 Å². The molecule has 0 fully saturated rings. The minimum atomic E-state index is -0.756. The smallest absolute Gasteiger partial charge is 0.410 e. The molecule has 0 aliphatic rings. The van der Waals surface area contributed by atoms with Crippen molar-refractivity contribution in [1.29, 1.82) is 0 Å². The number of carbonyl (C=O) groups is 4. The van der Waals surface area contributed by atoms with Crippen LogP contribution in [0.2, 0.25) is 0 Å². The number of nitrogens with zero attached hydrogens (tertiary/aromatic N) is 2. The molecule has 2 rings (SSSR count). The highest BCUT2D eigenvalue weighted by atomic mass is 32.1. The standard InChI is InChI=1S/C32H47N3O6S/c1-10-27(37)21(4)16-24(17-23-14-12-11-13-15-23)33-29(38)25-19-42-30(34-25)28(40-22(5)36)18-26(20(2)3)35(9)31(39)41-32(6,7)8/h11-15,19-21,24,26,28H,10,16-18H2,1-9H3,(H,33,38)/t21-,24+,26+,28+/m0/s1. The number of hydrogen-bond donors (Lipinski definition) is 1. The number of Topliss-reactive ketones (excluding diaryl/α,β-unsaturated/α-hetero) is 1. The number of hydrogen-bond acceptors (Lipinski definition) is 8. The lowest BCUT2D eigenvalue weighted by atomic mass is 9.92. The fraction of sp³-hybridized carbons (Fsp3) is 0.594. The summed E-state index contributed by atoms with van der Waals surface area (Å²) in [6.45, 7) is 14.4. The quantitative estimate of drug-likeness (QED) is 0.250. The topological polar surface area (TPSA) is 115 Å². The van der Waals surface area contributed by atoms with Crippen LogP contribution in [0.3, 0.4) is 0 Å². The van der Waals surface area contributed by atoms with Gasteiger partial charge in [0, 0.05) is 50.2 Å². The lowest BCUT2D eigenvalue weighted by Crippen LogP contribution is -2.44. The van der Waals surface area contributed by atoms with E-state index in [0.717, 1.165) is 5.56 Å². The van der Waals surface area contributed by atoms with E-state index in [0.29, 0.717) is 24.3 Å². The summed E-state index contributed by atoms with van der Waals surface area (Å²) >= 11 is 1.23. The maximum absolute atomic E-state index is 13.4. The van der Waals surface area contributed by atoms with Crippen LogP contribution in [0, 0.1) is 11.8 Å². The number of ether oxygens (including phenoxy) is 2. The molecule has 1 aromatic carbocycles. The van der Waals surface area contributed by atoms with Crippen LogP contribution >= 0.6 is 11.3 Å². The number of nitrogens with one attached hydrogen (secondary N) is 1. The molecule has 232 valence electrons. The second-order valence-corrected chi connectivity index (χ2v) is 13.0. The Labute approximate surface area is 254 Å². The Morgan fingerprint density at radius 3 is 2.24 bits per heavy atom. The SMILES string of the molecule is CCC(=O)[C@@H](C)C[C@H](Cc1ccccc1)NC(=O)c1csc([C@@H](C[C@H](C(C)C)N(C)C(=O)OC(C)(C)C)OC(C)=O)n1. The zero-order valence-electron chi connectivity index (χ0n) is 26.4. The molecular formula is C32H47N3O6S. The summed E-state index contributed by atoms with van der Waals surface area (Å²) < 4.78 is 11.2. The van der Waals surface area contributed by atoms with Crippen LogP contribution in [-0.2, 0) is 25.5 Å². The normalized spacial score (nSPS) is 14.4. The van der Waals surface area contributed by atoms with Crippen LogP contribution in [0.4, 0.5) is 4.79 Å². The first-order valence-electron chi connectivity index (χ1n) is 14.6. The molecule has 0 bridgehead atoms. The molecule has 0 aliphatic carbocycles. The molecular weight excluding hydrogens is 554 g/mol. The van der Waals surface area contributed by atoms with Crippen molar-refractivity contribution in [3.63, 3.8) is 0 Å². The highest BCUT2D eigenvalue weighted by molar-refractivity contribution is 7.09. The van der Waals surface area contributed by atoms with Crippen molar-refractivity contribution < 1.29 is 28.7 Å². The lowest BCUT2D eigenvalue weighted by Gasteiger charge is -2.34. The predicted molar refractivity (Wildman–Crippen MR) is 164 cm³/mol. The molecule has 0 spiro atoms. The highest BCUT2D eigenvalue weighted by Gasteiger charge is 2.33. The van der Waals surface area contributed by atoms with Crippen molar-refractivity contribution in [1.82, 2.24) is 15.2 Å². The number of carbonyl (C=O) groups excluding carboxylic acids is 4. The van der Waals surface area contributed by atoms with Crippen molar-refractivity contribution in [2.45, 2.75) is 105 Å². The molecule has 1 N–H and O–H groups in total. The van der Waals surface area contributed by atoms with Gasteiger partial charge in [-0.2, -0.15) is 0 Å². The van der Waals surface area contributed by atoms with E-state index >= 15 is 0 Å². The fourth-order valence-electron chi connectivity index (χ4n) is 4.76. The van der Waals surface area contributed by atoms with Crippen molar-refractivity contribution in [3.8, 4) is 0 Å². The Bertz CT molecular complexity index is 1190. The molecule has 0 unspecified atom stereocenters. The van der Waals surface area contributed by atoms with E-state index in [4.69, 9.17) is 9.47 Å². The number of amides is 2.